The molecule has 0 amide bonds. The molecule has 1 aromatic carbocycles. The second kappa shape index (κ2) is 6.11. The lowest BCUT2D eigenvalue weighted by molar-refractivity contribution is 0.413. The van der Waals surface area contributed by atoms with E-state index in [4.69, 9.17) is 4.74 Å². The first-order valence-corrected chi connectivity index (χ1v) is 9.44. The van der Waals surface area contributed by atoms with Crippen molar-refractivity contribution in [2.24, 2.45) is 0 Å². The third kappa shape index (κ3) is 2.99. The highest BCUT2D eigenvalue weighted by molar-refractivity contribution is 7.89. The Hall–Kier alpha value is -2.04. The van der Waals surface area contributed by atoms with Crippen LogP contribution in [0.25, 0.3) is 4.96 Å². The van der Waals surface area contributed by atoms with E-state index >= 15 is 0 Å². The largest absolute Gasteiger partial charge is 0.497 e. The Balaban J connectivity index is 1.86. The van der Waals surface area contributed by atoms with Gasteiger partial charge in [-0.05, 0) is 44.0 Å². The van der Waals surface area contributed by atoms with Gasteiger partial charge in [0.15, 0.2) is 5.82 Å². The summed E-state index contributed by atoms with van der Waals surface area (Å²) in [6.07, 6.45) is 0. The molecule has 0 radical (unpaired) electrons. The molecule has 2 heterocycles. The number of nitrogens with zero attached hydrogens (tertiary/aromatic N) is 4. The van der Waals surface area contributed by atoms with E-state index in [0.29, 0.717) is 32.7 Å². The number of aromatic nitrogens is 4. The third-order valence-electron chi connectivity index (χ3n) is 3.54. The summed E-state index contributed by atoms with van der Waals surface area (Å²) in [6, 6.07) is 3.40. The molecule has 0 atom stereocenters. The summed E-state index contributed by atoms with van der Waals surface area (Å²) in [5.74, 6) is 1.30. The molecule has 128 valence electrons. The first-order chi connectivity index (χ1) is 11.3. The third-order valence-corrected chi connectivity index (χ3v) is 6.14. The van der Waals surface area contributed by atoms with Gasteiger partial charge in [0.1, 0.15) is 10.8 Å². The lowest BCUT2D eigenvalue weighted by atomic mass is 10.1. The van der Waals surface area contributed by atoms with E-state index in [2.05, 4.69) is 20.0 Å². The van der Waals surface area contributed by atoms with Gasteiger partial charge in [0.2, 0.25) is 15.0 Å². The molecule has 0 bridgehead atoms. The quantitative estimate of drug-likeness (QED) is 0.735. The van der Waals surface area contributed by atoms with Gasteiger partial charge in [0, 0.05) is 0 Å². The van der Waals surface area contributed by atoms with Crippen LogP contribution < -0.4 is 9.46 Å². The molecule has 0 unspecified atom stereocenters. The Morgan fingerprint density at radius 3 is 2.46 bits per heavy atom. The number of rotatable bonds is 5. The number of methoxy groups -OCH3 is 1. The normalized spacial score (nSPS) is 12.0. The van der Waals surface area contributed by atoms with Gasteiger partial charge < -0.3 is 4.74 Å². The number of sulfonamides is 1. The van der Waals surface area contributed by atoms with Crippen LogP contribution in [0.5, 0.6) is 5.75 Å². The van der Waals surface area contributed by atoms with E-state index in [1.54, 1.807) is 44.5 Å². The zero-order valence-corrected chi connectivity index (χ0v) is 15.3. The summed E-state index contributed by atoms with van der Waals surface area (Å²) >= 11 is 1.30. The molecule has 3 aromatic rings. The van der Waals surface area contributed by atoms with Gasteiger partial charge in [-0.15, -0.1) is 10.2 Å². The molecular weight excluding hydrogens is 350 g/mol. The smallest absolute Gasteiger partial charge is 0.241 e. The lowest BCUT2D eigenvalue weighted by Crippen LogP contribution is -2.25. The highest BCUT2D eigenvalue weighted by Gasteiger charge is 2.21. The Morgan fingerprint density at radius 1 is 1.21 bits per heavy atom. The Labute approximate surface area is 143 Å². The number of nitrogens with one attached hydrogen (secondary N) is 1. The number of hydrogen-bond donors (Lipinski definition) is 1. The second-order valence-corrected chi connectivity index (χ2v) is 8.10. The van der Waals surface area contributed by atoms with Crippen LogP contribution in [-0.4, -0.2) is 35.3 Å². The average Bonchev–Trinajstić information content (AvgIpc) is 3.06. The Kier molecular flexibility index (Phi) is 4.28. The summed E-state index contributed by atoms with van der Waals surface area (Å²) < 4.78 is 34.7. The molecule has 8 nitrogen and oxygen atoms in total. The molecule has 0 saturated heterocycles. The van der Waals surface area contributed by atoms with Crippen molar-refractivity contribution in [3.05, 3.63) is 34.1 Å². The van der Waals surface area contributed by atoms with E-state index in [1.165, 1.54) is 11.3 Å². The standard InChI is InChI=1S/C14H17N5O3S2/c1-8-5-11(22-4)6-9(2)13(8)24(20,21)15-7-12-18-19-10(3)16-17-14(19)23-12/h5-6,15H,7H2,1-4H3. The van der Waals surface area contributed by atoms with Gasteiger partial charge in [-0.3, -0.25) is 0 Å². The van der Waals surface area contributed by atoms with E-state index in [1.807, 2.05) is 0 Å². The summed E-state index contributed by atoms with van der Waals surface area (Å²) in [6.45, 7) is 5.38. The zero-order valence-electron chi connectivity index (χ0n) is 13.7. The molecular formula is C14H17N5O3S2. The number of ether oxygens (including phenoxy) is 1. The van der Waals surface area contributed by atoms with Crippen molar-refractivity contribution in [3.8, 4) is 5.75 Å². The summed E-state index contributed by atoms with van der Waals surface area (Å²) in [4.78, 5) is 0.904. The minimum absolute atomic E-state index is 0.0979. The first kappa shape index (κ1) is 16.8. The van der Waals surface area contributed by atoms with Crippen molar-refractivity contribution in [3.63, 3.8) is 0 Å². The van der Waals surface area contributed by atoms with Gasteiger partial charge >= 0.3 is 0 Å². The average molecular weight is 367 g/mol. The van der Waals surface area contributed by atoms with Crippen molar-refractivity contribution < 1.29 is 13.2 Å². The zero-order chi connectivity index (χ0) is 17.5. The minimum Gasteiger partial charge on any atom is -0.497 e. The van der Waals surface area contributed by atoms with Crippen LogP contribution in [0.15, 0.2) is 17.0 Å². The van der Waals surface area contributed by atoms with Crippen molar-refractivity contribution in [2.75, 3.05) is 7.11 Å². The van der Waals surface area contributed by atoms with Crippen molar-refractivity contribution in [1.29, 1.82) is 0 Å². The summed E-state index contributed by atoms with van der Waals surface area (Å²) in [7, 11) is -2.11. The molecule has 0 aliphatic heterocycles. The Bertz CT molecular complexity index is 984. The maximum atomic E-state index is 12.7. The SMILES string of the molecule is COc1cc(C)c(S(=O)(=O)NCc2nn3c(C)nnc3s2)c(C)c1. The lowest BCUT2D eigenvalue weighted by Gasteiger charge is -2.13. The second-order valence-electron chi connectivity index (χ2n) is 5.35. The molecule has 0 aliphatic carbocycles. The van der Waals surface area contributed by atoms with E-state index in [-0.39, 0.29) is 11.4 Å². The molecule has 0 fully saturated rings. The maximum Gasteiger partial charge on any atom is 0.241 e. The Morgan fingerprint density at radius 2 is 1.88 bits per heavy atom. The number of aryl methyl sites for hydroxylation is 3. The van der Waals surface area contributed by atoms with Gasteiger partial charge in [-0.1, -0.05) is 11.3 Å². The van der Waals surface area contributed by atoms with Crippen LogP contribution in [0, 0.1) is 20.8 Å². The van der Waals surface area contributed by atoms with Gasteiger partial charge in [0.05, 0.1) is 18.6 Å². The van der Waals surface area contributed by atoms with Gasteiger partial charge in [0.25, 0.3) is 0 Å². The molecule has 2 aromatic heterocycles. The fraction of sp³-hybridized carbons (Fsp3) is 0.357. The summed E-state index contributed by atoms with van der Waals surface area (Å²) in [5, 5.41) is 12.8. The van der Waals surface area contributed by atoms with Gasteiger partial charge in [-0.25, -0.2) is 13.1 Å². The van der Waals surface area contributed by atoms with Gasteiger partial charge in [-0.2, -0.15) is 9.61 Å². The molecule has 0 spiro atoms. The van der Waals surface area contributed by atoms with Crippen molar-refractivity contribution in [2.45, 2.75) is 32.2 Å². The molecule has 1 N–H and O–H groups in total. The van der Waals surface area contributed by atoms with Crippen LogP contribution in [0.3, 0.4) is 0 Å². The molecule has 0 aliphatic rings. The predicted molar refractivity (Wildman–Crippen MR) is 89.9 cm³/mol. The topological polar surface area (TPSA) is 98.5 Å². The van der Waals surface area contributed by atoms with Crippen LogP contribution in [-0.2, 0) is 16.6 Å². The summed E-state index contributed by atoms with van der Waals surface area (Å²) in [5.41, 5.74) is 1.27. The molecule has 0 saturated carbocycles. The fourth-order valence-electron chi connectivity index (χ4n) is 2.51. The number of fused-ring (bicyclic) bond motifs is 1. The number of hydrogen-bond acceptors (Lipinski definition) is 7. The molecule has 10 heteroatoms. The van der Waals surface area contributed by atoms with E-state index in [9.17, 15) is 8.42 Å². The minimum atomic E-state index is -3.66. The molecule has 24 heavy (non-hydrogen) atoms. The first-order valence-electron chi connectivity index (χ1n) is 7.14. The van der Waals surface area contributed by atoms with Crippen LogP contribution in [0.2, 0.25) is 0 Å². The maximum absolute atomic E-state index is 12.7. The van der Waals surface area contributed by atoms with Crippen LogP contribution in [0.4, 0.5) is 0 Å². The van der Waals surface area contributed by atoms with Crippen LogP contribution in [0.1, 0.15) is 22.0 Å². The van der Waals surface area contributed by atoms with Crippen LogP contribution >= 0.6 is 11.3 Å². The monoisotopic (exact) mass is 367 g/mol. The van der Waals surface area contributed by atoms with Crippen molar-refractivity contribution in [1.82, 2.24) is 24.5 Å². The van der Waals surface area contributed by atoms with E-state index < -0.39 is 10.0 Å². The van der Waals surface area contributed by atoms with Crippen molar-refractivity contribution >= 4 is 26.3 Å². The fourth-order valence-corrected chi connectivity index (χ4v) is 4.85. The highest BCUT2D eigenvalue weighted by Crippen LogP contribution is 2.26. The molecule has 3 rings (SSSR count). The number of benzene rings is 1. The highest BCUT2D eigenvalue weighted by atomic mass is 32.2. The predicted octanol–water partition coefficient (Wildman–Crippen LogP) is 1.60. The van der Waals surface area contributed by atoms with E-state index in [0.717, 1.165) is 0 Å².